The lowest BCUT2D eigenvalue weighted by Crippen LogP contribution is -2.53. The molecule has 1 unspecified atom stereocenters. The maximum absolute atomic E-state index is 13.0. The van der Waals surface area contributed by atoms with Gasteiger partial charge >= 0.3 is 0 Å². The van der Waals surface area contributed by atoms with Crippen LogP contribution in [0.5, 0.6) is 0 Å². The van der Waals surface area contributed by atoms with E-state index in [2.05, 4.69) is 10.3 Å². The second kappa shape index (κ2) is 9.79. The van der Waals surface area contributed by atoms with Crippen LogP contribution >= 0.6 is 47.0 Å². The number of anilines is 1. The fraction of sp³-hybridized carbons (Fsp3) is 0.261. The average Bonchev–Trinajstić information content (AvgIpc) is 3.25. The molecule has 1 fully saturated rings. The van der Waals surface area contributed by atoms with Crippen LogP contribution in [0, 0.1) is 0 Å². The molecule has 2 heterocycles. The number of nitrogens with zero attached hydrogens (tertiary/aromatic N) is 3. The third-order valence-corrected chi connectivity index (χ3v) is 6.31. The summed E-state index contributed by atoms with van der Waals surface area (Å²) in [6.07, 6.45) is 1.86. The van der Waals surface area contributed by atoms with Crippen molar-refractivity contribution in [1.29, 1.82) is 0 Å². The summed E-state index contributed by atoms with van der Waals surface area (Å²) in [5, 5.41) is 4.58. The molecule has 1 amide bonds. The van der Waals surface area contributed by atoms with E-state index in [0.29, 0.717) is 31.0 Å². The summed E-state index contributed by atoms with van der Waals surface area (Å²) in [4.78, 5) is 20.8. The zero-order valence-electron chi connectivity index (χ0n) is 17.0. The SMILES string of the molecule is O=C(CCc1ccccc1)N1CCN(C(=S)Nc2cccc3cccnc23)C1C(Cl)(Cl)Cl. The number of fused-ring (bicyclic) bond motifs is 1. The van der Waals surface area contributed by atoms with Crippen molar-refractivity contribution in [1.82, 2.24) is 14.8 Å². The van der Waals surface area contributed by atoms with E-state index in [9.17, 15) is 4.79 Å². The summed E-state index contributed by atoms with van der Waals surface area (Å²) in [5.41, 5.74) is 2.63. The second-order valence-electron chi connectivity index (χ2n) is 7.49. The molecule has 1 saturated heterocycles. The van der Waals surface area contributed by atoms with Crippen molar-refractivity contribution in [3.05, 3.63) is 72.4 Å². The Bertz CT molecular complexity index is 1120. The number of alkyl halides is 3. The molecule has 166 valence electrons. The molecular formula is C23H21Cl3N4OS. The maximum atomic E-state index is 13.0. The lowest BCUT2D eigenvalue weighted by atomic mass is 10.1. The number of aromatic nitrogens is 1. The van der Waals surface area contributed by atoms with Gasteiger partial charge in [-0.15, -0.1) is 0 Å². The molecule has 0 radical (unpaired) electrons. The van der Waals surface area contributed by atoms with Crippen LogP contribution in [0.25, 0.3) is 10.9 Å². The highest BCUT2D eigenvalue weighted by molar-refractivity contribution is 7.80. The number of para-hydroxylation sites is 1. The highest BCUT2D eigenvalue weighted by Crippen LogP contribution is 2.38. The van der Waals surface area contributed by atoms with Gasteiger partial charge in [-0.2, -0.15) is 0 Å². The van der Waals surface area contributed by atoms with Gasteiger partial charge in [-0.1, -0.05) is 83.3 Å². The number of thiocarbonyl (C=S) groups is 1. The van der Waals surface area contributed by atoms with Gasteiger partial charge in [-0.05, 0) is 36.3 Å². The molecule has 0 saturated carbocycles. The number of carbonyl (C=O) groups excluding carboxylic acids is 1. The molecule has 32 heavy (non-hydrogen) atoms. The topological polar surface area (TPSA) is 48.5 Å². The third kappa shape index (κ3) is 5.09. The number of benzene rings is 2. The summed E-state index contributed by atoms with van der Waals surface area (Å²) < 4.78 is -1.73. The van der Waals surface area contributed by atoms with Crippen molar-refractivity contribution in [3.8, 4) is 0 Å². The van der Waals surface area contributed by atoms with Crippen LogP contribution in [-0.2, 0) is 11.2 Å². The van der Waals surface area contributed by atoms with E-state index in [1.807, 2.05) is 60.7 Å². The molecule has 0 spiro atoms. The Labute approximate surface area is 207 Å². The maximum Gasteiger partial charge on any atom is 0.228 e. The first-order valence-electron chi connectivity index (χ1n) is 10.2. The van der Waals surface area contributed by atoms with Gasteiger partial charge in [0.05, 0.1) is 11.2 Å². The zero-order chi connectivity index (χ0) is 22.7. The number of carbonyl (C=O) groups is 1. The Hall–Kier alpha value is -2.12. The number of aryl methyl sites for hydroxylation is 1. The van der Waals surface area contributed by atoms with Gasteiger partial charge in [0, 0.05) is 31.1 Å². The van der Waals surface area contributed by atoms with Crippen molar-refractivity contribution < 1.29 is 4.79 Å². The minimum atomic E-state index is -1.73. The minimum Gasteiger partial charge on any atom is -0.331 e. The summed E-state index contributed by atoms with van der Waals surface area (Å²) >= 11 is 24.6. The first kappa shape index (κ1) is 23.1. The van der Waals surface area contributed by atoms with E-state index < -0.39 is 9.96 Å². The van der Waals surface area contributed by atoms with Crippen LogP contribution in [0.4, 0.5) is 5.69 Å². The Kier molecular flexibility index (Phi) is 7.05. The summed E-state index contributed by atoms with van der Waals surface area (Å²) in [7, 11) is 0. The highest BCUT2D eigenvalue weighted by atomic mass is 35.6. The van der Waals surface area contributed by atoms with E-state index >= 15 is 0 Å². The van der Waals surface area contributed by atoms with Crippen LogP contribution in [0.3, 0.4) is 0 Å². The quantitative estimate of drug-likeness (QED) is 0.378. The zero-order valence-corrected chi connectivity index (χ0v) is 20.1. The molecule has 0 aliphatic carbocycles. The molecule has 1 aliphatic rings. The van der Waals surface area contributed by atoms with Gasteiger partial charge < -0.3 is 15.1 Å². The molecule has 1 atom stereocenters. The summed E-state index contributed by atoms with van der Waals surface area (Å²) in [6, 6.07) is 19.5. The number of hydrogen-bond donors (Lipinski definition) is 1. The Morgan fingerprint density at radius 1 is 1.03 bits per heavy atom. The molecule has 9 heteroatoms. The van der Waals surface area contributed by atoms with Gasteiger partial charge in [-0.3, -0.25) is 9.78 Å². The minimum absolute atomic E-state index is 0.0812. The lowest BCUT2D eigenvalue weighted by Gasteiger charge is -2.36. The predicted molar refractivity (Wildman–Crippen MR) is 135 cm³/mol. The Morgan fingerprint density at radius 3 is 2.50 bits per heavy atom. The number of hydrogen-bond acceptors (Lipinski definition) is 3. The van der Waals surface area contributed by atoms with Crippen molar-refractivity contribution in [3.63, 3.8) is 0 Å². The molecule has 0 bridgehead atoms. The molecule has 3 aromatic rings. The fourth-order valence-electron chi connectivity index (χ4n) is 3.89. The highest BCUT2D eigenvalue weighted by Gasteiger charge is 2.48. The molecule has 5 nitrogen and oxygen atoms in total. The number of nitrogens with one attached hydrogen (secondary N) is 1. The standard InChI is InChI=1S/C23H21Cl3N4OS/c24-23(25,26)21-29(19(31)12-11-16-6-2-1-3-7-16)14-15-30(21)22(32)28-18-10-4-8-17-9-5-13-27-20(17)18/h1-10,13,21H,11-12,14-15H2,(H,28,32). The number of rotatable bonds is 4. The molecule has 2 aromatic carbocycles. The fourth-order valence-corrected chi connectivity index (χ4v) is 4.89. The molecule has 1 N–H and O–H groups in total. The lowest BCUT2D eigenvalue weighted by molar-refractivity contribution is -0.132. The van der Waals surface area contributed by atoms with E-state index in [1.165, 1.54) is 0 Å². The molecule has 1 aromatic heterocycles. The van der Waals surface area contributed by atoms with Crippen LogP contribution in [0.1, 0.15) is 12.0 Å². The number of pyridine rings is 1. The van der Waals surface area contributed by atoms with E-state index in [4.69, 9.17) is 47.0 Å². The van der Waals surface area contributed by atoms with Crippen molar-refractivity contribution >= 4 is 74.6 Å². The number of halogens is 3. The van der Waals surface area contributed by atoms with Gasteiger partial charge in [-0.25, -0.2) is 0 Å². The van der Waals surface area contributed by atoms with Crippen LogP contribution in [0.15, 0.2) is 66.9 Å². The first-order chi connectivity index (χ1) is 15.3. The molecule has 4 rings (SSSR count). The summed E-state index contributed by atoms with van der Waals surface area (Å²) in [6.45, 7) is 0.876. The van der Waals surface area contributed by atoms with Gasteiger partial charge in [0.2, 0.25) is 9.70 Å². The Morgan fingerprint density at radius 2 is 1.75 bits per heavy atom. The molecule has 1 aliphatic heterocycles. The largest absolute Gasteiger partial charge is 0.331 e. The number of amides is 1. The average molecular weight is 508 g/mol. The second-order valence-corrected chi connectivity index (χ2v) is 10.2. The van der Waals surface area contributed by atoms with Crippen molar-refractivity contribution in [2.75, 3.05) is 18.4 Å². The molecular weight excluding hydrogens is 487 g/mol. The third-order valence-electron chi connectivity index (χ3n) is 5.39. The van der Waals surface area contributed by atoms with Gasteiger partial charge in [0.1, 0.15) is 0 Å². The summed E-state index contributed by atoms with van der Waals surface area (Å²) in [5.74, 6) is -0.0812. The van der Waals surface area contributed by atoms with Crippen molar-refractivity contribution in [2.45, 2.75) is 22.8 Å². The van der Waals surface area contributed by atoms with Gasteiger partial charge in [0.25, 0.3) is 0 Å². The van der Waals surface area contributed by atoms with Crippen LogP contribution < -0.4 is 5.32 Å². The van der Waals surface area contributed by atoms with Crippen molar-refractivity contribution in [2.24, 2.45) is 0 Å². The van der Waals surface area contributed by atoms with E-state index in [-0.39, 0.29) is 5.91 Å². The smallest absolute Gasteiger partial charge is 0.228 e. The van der Waals surface area contributed by atoms with Crippen LogP contribution in [0.2, 0.25) is 0 Å². The van der Waals surface area contributed by atoms with Gasteiger partial charge in [0.15, 0.2) is 11.3 Å². The Balaban J connectivity index is 1.50. The van der Waals surface area contributed by atoms with E-state index in [0.717, 1.165) is 22.2 Å². The van der Waals surface area contributed by atoms with E-state index in [1.54, 1.807) is 16.0 Å². The normalized spacial score (nSPS) is 16.4. The van der Waals surface area contributed by atoms with Crippen LogP contribution in [-0.4, -0.2) is 48.9 Å². The predicted octanol–water partition coefficient (Wildman–Crippen LogP) is 5.40. The monoisotopic (exact) mass is 506 g/mol. The first-order valence-corrected chi connectivity index (χ1v) is 11.7.